The summed E-state index contributed by atoms with van der Waals surface area (Å²) in [4.78, 5) is 12.9. The van der Waals surface area contributed by atoms with Crippen molar-refractivity contribution in [2.45, 2.75) is 23.9 Å². The van der Waals surface area contributed by atoms with Crippen LogP contribution in [0.2, 0.25) is 0 Å². The number of nitrogens with zero attached hydrogens (tertiary/aromatic N) is 1. The number of carbonyl (C=O) groups excluding carboxylic acids is 1. The molecule has 0 aliphatic carbocycles. The van der Waals surface area contributed by atoms with Crippen LogP contribution < -0.4 is 4.74 Å². The van der Waals surface area contributed by atoms with E-state index in [9.17, 15) is 13.2 Å². The van der Waals surface area contributed by atoms with Crippen LogP contribution in [0.25, 0.3) is 0 Å². The highest BCUT2D eigenvalue weighted by Gasteiger charge is 2.61. The van der Waals surface area contributed by atoms with E-state index in [2.05, 4.69) is 0 Å². The predicted molar refractivity (Wildman–Crippen MR) is 105 cm³/mol. The van der Waals surface area contributed by atoms with Crippen molar-refractivity contribution >= 4 is 16.0 Å². The molecule has 0 aromatic heterocycles. The van der Waals surface area contributed by atoms with Gasteiger partial charge in [-0.15, -0.1) is 0 Å². The van der Waals surface area contributed by atoms with Gasteiger partial charge < -0.3 is 4.74 Å². The summed E-state index contributed by atoms with van der Waals surface area (Å²) in [6, 6.07) is 22.9. The molecule has 1 aliphatic heterocycles. The zero-order chi connectivity index (χ0) is 19.7. The minimum atomic E-state index is -3.83. The number of hydrogen-bond acceptors (Lipinski definition) is 4. The Morgan fingerprint density at radius 3 is 2.04 bits per heavy atom. The van der Waals surface area contributed by atoms with Crippen molar-refractivity contribution in [1.29, 1.82) is 0 Å². The molecule has 0 bridgehead atoms. The van der Waals surface area contributed by atoms with Crippen LogP contribution in [-0.2, 0) is 14.8 Å². The topological polar surface area (TPSA) is 63.5 Å². The summed E-state index contributed by atoms with van der Waals surface area (Å²) >= 11 is 0. The number of ether oxygens (including phenoxy) is 1. The molecule has 3 aromatic carbocycles. The second-order valence-electron chi connectivity index (χ2n) is 6.68. The van der Waals surface area contributed by atoms with Crippen molar-refractivity contribution in [3.05, 3.63) is 96.1 Å². The molecular formula is C22H19NO4S. The van der Waals surface area contributed by atoms with E-state index in [4.69, 9.17) is 4.74 Å². The van der Waals surface area contributed by atoms with Crippen LogP contribution in [0.3, 0.4) is 0 Å². The second-order valence-corrected chi connectivity index (χ2v) is 8.53. The third-order valence-corrected chi connectivity index (χ3v) is 6.58. The van der Waals surface area contributed by atoms with E-state index >= 15 is 0 Å². The first-order valence-corrected chi connectivity index (χ1v) is 10.3. The molecule has 0 radical (unpaired) electrons. The van der Waals surface area contributed by atoms with E-state index in [1.54, 1.807) is 48.5 Å². The van der Waals surface area contributed by atoms with Gasteiger partial charge in [0.25, 0.3) is 0 Å². The number of sulfonamides is 1. The van der Waals surface area contributed by atoms with Gasteiger partial charge in [0, 0.05) is 0 Å². The van der Waals surface area contributed by atoms with Gasteiger partial charge >= 0.3 is 5.97 Å². The zero-order valence-electron chi connectivity index (χ0n) is 15.2. The highest BCUT2D eigenvalue weighted by atomic mass is 32.2. The SMILES string of the molecule is Cc1ccc(S(=O)(=O)N2C(C(=O)Oc3ccccc3)C2c2ccccc2)cc1. The van der Waals surface area contributed by atoms with Crippen molar-refractivity contribution < 1.29 is 17.9 Å². The lowest BCUT2D eigenvalue weighted by Gasteiger charge is -2.07. The Labute approximate surface area is 164 Å². The minimum Gasteiger partial charge on any atom is -0.425 e. The average Bonchev–Trinajstić information content (AvgIpc) is 3.47. The molecule has 1 heterocycles. The molecule has 28 heavy (non-hydrogen) atoms. The van der Waals surface area contributed by atoms with Crippen LogP contribution in [0.5, 0.6) is 5.75 Å². The van der Waals surface area contributed by atoms with Crippen molar-refractivity contribution in [3.63, 3.8) is 0 Å². The summed E-state index contributed by atoms with van der Waals surface area (Å²) in [6.07, 6.45) is 0. The predicted octanol–water partition coefficient (Wildman–Crippen LogP) is 3.71. The molecule has 0 saturated carbocycles. The molecule has 0 spiro atoms. The minimum absolute atomic E-state index is 0.161. The van der Waals surface area contributed by atoms with Crippen LogP contribution in [-0.4, -0.2) is 24.7 Å². The fraction of sp³-hybridized carbons (Fsp3) is 0.136. The number of rotatable bonds is 5. The molecule has 5 nitrogen and oxygen atoms in total. The van der Waals surface area contributed by atoms with Gasteiger partial charge in [-0.05, 0) is 36.8 Å². The lowest BCUT2D eigenvalue weighted by Crippen LogP contribution is -2.23. The summed E-state index contributed by atoms with van der Waals surface area (Å²) in [6.45, 7) is 1.89. The normalized spacial score (nSPS) is 21.1. The Balaban J connectivity index is 1.67. The molecule has 3 aromatic rings. The van der Waals surface area contributed by atoms with Crippen LogP contribution in [0, 0.1) is 6.92 Å². The second kappa shape index (κ2) is 7.22. The zero-order valence-corrected chi connectivity index (χ0v) is 16.0. The van der Waals surface area contributed by atoms with Crippen LogP contribution in [0.1, 0.15) is 17.2 Å². The van der Waals surface area contributed by atoms with Crippen LogP contribution in [0.4, 0.5) is 0 Å². The number of aryl methyl sites for hydroxylation is 1. The fourth-order valence-corrected chi connectivity index (χ4v) is 4.93. The summed E-state index contributed by atoms with van der Waals surface area (Å²) in [5.41, 5.74) is 1.72. The number of esters is 1. The Hall–Kier alpha value is -2.96. The number of hydrogen-bond donors (Lipinski definition) is 0. The number of benzene rings is 3. The Morgan fingerprint density at radius 1 is 0.857 bits per heavy atom. The van der Waals surface area contributed by atoms with Crippen molar-refractivity contribution in [1.82, 2.24) is 4.31 Å². The maximum Gasteiger partial charge on any atom is 0.331 e. The third kappa shape index (κ3) is 3.44. The monoisotopic (exact) mass is 393 g/mol. The largest absolute Gasteiger partial charge is 0.425 e. The van der Waals surface area contributed by atoms with Crippen molar-refractivity contribution in [2.75, 3.05) is 0 Å². The van der Waals surface area contributed by atoms with E-state index in [1.807, 2.05) is 43.3 Å². The highest BCUT2D eigenvalue weighted by Crippen LogP contribution is 2.48. The number of para-hydroxylation sites is 1. The Morgan fingerprint density at radius 2 is 1.43 bits per heavy atom. The summed E-state index contributed by atoms with van der Waals surface area (Å²) in [7, 11) is -3.83. The Kier molecular flexibility index (Phi) is 4.75. The summed E-state index contributed by atoms with van der Waals surface area (Å²) < 4.78 is 33.0. The van der Waals surface area contributed by atoms with Gasteiger partial charge in [-0.25, -0.2) is 13.2 Å². The fourth-order valence-electron chi connectivity index (χ4n) is 3.22. The lowest BCUT2D eigenvalue weighted by atomic mass is 10.1. The first-order valence-electron chi connectivity index (χ1n) is 8.90. The molecule has 4 rings (SSSR count). The average molecular weight is 393 g/mol. The van der Waals surface area contributed by atoms with E-state index in [0.29, 0.717) is 5.75 Å². The van der Waals surface area contributed by atoms with Gasteiger partial charge in [-0.1, -0.05) is 66.2 Å². The number of carbonyl (C=O) groups is 1. The molecule has 0 amide bonds. The van der Waals surface area contributed by atoms with E-state index < -0.39 is 28.1 Å². The first-order chi connectivity index (χ1) is 13.5. The van der Waals surface area contributed by atoms with E-state index in [0.717, 1.165) is 11.1 Å². The molecule has 6 heteroatoms. The Bertz CT molecular complexity index is 1080. The van der Waals surface area contributed by atoms with Crippen LogP contribution in [0.15, 0.2) is 89.8 Å². The molecule has 1 aliphatic rings. The maximum atomic E-state index is 13.2. The van der Waals surface area contributed by atoms with E-state index in [1.165, 1.54) is 4.31 Å². The van der Waals surface area contributed by atoms with Gasteiger partial charge in [-0.2, -0.15) is 4.31 Å². The molecular weight excluding hydrogens is 374 g/mol. The first kappa shape index (κ1) is 18.4. The molecule has 1 saturated heterocycles. The van der Waals surface area contributed by atoms with Crippen molar-refractivity contribution in [2.24, 2.45) is 0 Å². The highest BCUT2D eigenvalue weighted by molar-refractivity contribution is 7.89. The maximum absolute atomic E-state index is 13.2. The quantitative estimate of drug-likeness (QED) is 0.377. The summed E-state index contributed by atoms with van der Waals surface area (Å²) in [5.74, 6) is -0.199. The molecule has 1 fully saturated rings. The lowest BCUT2D eigenvalue weighted by molar-refractivity contribution is -0.134. The standard InChI is InChI=1S/C22H19NO4S/c1-16-12-14-19(15-13-16)28(25,26)23-20(17-8-4-2-5-9-17)21(23)22(24)27-18-10-6-3-7-11-18/h2-15,20-21H,1H3. The van der Waals surface area contributed by atoms with E-state index in [-0.39, 0.29) is 4.90 Å². The summed E-state index contributed by atoms with van der Waals surface area (Å²) in [5, 5.41) is 0. The molecule has 0 N–H and O–H groups in total. The van der Waals surface area contributed by atoms with Crippen LogP contribution >= 0.6 is 0 Å². The molecule has 142 valence electrons. The van der Waals surface area contributed by atoms with Crippen molar-refractivity contribution in [3.8, 4) is 5.75 Å². The molecule has 3 atom stereocenters. The van der Waals surface area contributed by atoms with Gasteiger partial charge in [-0.3, -0.25) is 0 Å². The smallest absolute Gasteiger partial charge is 0.331 e. The van der Waals surface area contributed by atoms with Gasteiger partial charge in [0.1, 0.15) is 11.8 Å². The van der Waals surface area contributed by atoms with Gasteiger partial charge in [0.05, 0.1) is 10.9 Å². The molecule has 3 unspecified atom stereocenters. The van der Waals surface area contributed by atoms with Gasteiger partial charge in [0.2, 0.25) is 10.0 Å². The third-order valence-electron chi connectivity index (χ3n) is 4.70. The van der Waals surface area contributed by atoms with Gasteiger partial charge in [0.15, 0.2) is 0 Å².